The molecule has 0 bridgehead atoms. The Morgan fingerprint density at radius 3 is 2.77 bits per heavy atom. The average molecular weight is 302 g/mol. The van der Waals surface area contributed by atoms with Crippen molar-refractivity contribution in [2.45, 2.75) is 26.9 Å². The summed E-state index contributed by atoms with van der Waals surface area (Å²) in [6.45, 7) is 6.92. The molecular weight excluding hydrogens is 284 g/mol. The largest absolute Gasteiger partial charge is 0.448 e. The lowest BCUT2D eigenvalue weighted by Crippen LogP contribution is -2.42. The van der Waals surface area contributed by atoms with Crippen molar-refractivity contribution in [1.82, 2.24) is 19.9 Å². The first-order valence-electron chi connectivity index (χ1n) is 7.18. The number of ether oxygens (including phenoxy) is 1. The molecule has 0 spiro atoms. The summed E-state index contributed by atoms with van der Waals surface area (Å²) in [6, 6.07) is 1.89. The maximum absolute atomic E-state index is 12.4. The summed E-state index contributed by atoms with van der Waals surface area (Å²) in [7, 11) is 0. The zero-order chi connectivity index (χ0) is 15.7. The SMILES string of the molecule is Cc1cc(C2CN(C(=O)c3coc(C)n3)CCO2)nc(C)n1. The second-order valence-corrected chi connectivity index (χ2v) is 5.34. The van der Waals surface area contributed by atoms with Gasteiger partial charge in [0.25, 0.3) is 5.91 Å². The number of morpholine rings is 1. The first-order valence-corrected chi connectivity index (χ1v) is 7.18. The molecular formula is C15H18N4O3. The van der Waals surface area contributed by atoms with Gasteiger partial charge in [0.2, 0.25) is 0 Å². The van der Waals surface area contributed by atoms with Gasteiger partial charge in [-0.15, -0.1) is 0 Å². The monoisotopic (exact) mass is 302 g/mol. The highest BCUT2D eigenvalue weighted by Crippen LogP contribution is 2.22. The fourth-order valence-electron chi connectivity index (χ4n) is 2.55. The number of aryl methyl sites for hydroxylation is 3. The summed E-state index contributed by atoms with van der Waals surface area (Å²) in [4.78, 5) is 26.9. The van der Waals surface area contributed by atoms with Crippen LogP contribution in [-0.4, -0.2) is 45.5 Å². The van der Waals surface area contributed by atoms with Gasteiger partial charge in [0.15, 0.2) is 11.6 Å². The maximum Gasteiger partial charge on any atom is 0.275 e. The standard InChI is InChI=1S/C15H18N4O3/c1-9-6-12(17-10(2)16-9)14-7-19(4-5-21-14)15(20)13-8-22-11(3)18-13/h6,8,14H,4-5,7H2,1-3H3. The van der Waals surface area contributed by atoms with Crippen LogP contribution in [0, 0.1) is 20.8 Å². The zero-order valence-corrected chi connectivity index (χ0v) is 12.9. The Balaban J connectivity index is 1.78. The maximum atomic E-state index is 12.4. The van der Waals surface area contributed by atoms with Crippen LogP contribution in [0.15, 0.2) is 16.7 Å². The highest BCUT2D eigenvalue weighted by Gasteiger charge is 2.28. The van der Waals surface area contributed by atoms with Crippen LogP contribution in [0.1, 0.15) is 39.7 Å². The van der Waals surface area contributed by atoms with Gasteiger partial charge in [-0.25, -0.2) is 15.0 Å². The normalized spacial score (nSPS) is 18.5. The molecule has 116 valence electrons. The molecule has 3 rings (SSSR count). The zero-order valence-electron chi connectivity index (χ0n) is 12.9. The van der Waals surface area contributed by atoms with Crippen molar-refractivity contribution in [3.05, 3.63) is 41.1 Å². The number of aromatic nitrogens is 3. The number of rotatable bonds is 2. The van der Waals surface area contributed by atoms with E-state index >= 15 is 0 Å². The number of hydrogen-bond acceptors (Lipinski definition) is 6. The topological polar surface area (TPSA) is 81.4 Å². The Kier molecular flexibility index (Phi) is 3.89. The minimum Gasteiger partial charge on any atom is -0.448 e. The van der Waals surface area contributed by atoms with E-state index in [1.165, 1.54) is 6.26 Å². The number of carbonyl (C=O) groups excluding carboxylic acids is 1. The first kappa shape index (κ1) is 14.6. The molecule has 7 nitrogen and oxygen atoms in total. The summed E-state index contributed by atoms with van der Waals surface area (Å²) in [6.07, 6.45) is 1.15. The number of nitrogens with zero attached hydrogens (tertiary/aromatic N) is 4. The third kappa shape index (κ3) is 2.99. The Bertz CT molecular complexity index is 678. The van der Waals surface area contributed by atoms with Crippen molar-refractivity contribution >= 4 is 5.91 Å². The van der Waals surface area contributed by atoms with Gasteiger partial charge in [-0.3, -0.25) is 4.79 Å². The van der Waals surface area contributed by atoms with Gasteiger partial charge in [0.1, 0.15) is 18.2 Å². The van der Waals surface area contributed by atoms with Crippen LogP contribution < -0.4 is 0 Å². The van der Waals surface area contributed by atoms with E-state index in [-0.39, 0.29) is 12.0 Å². The van der Waals surface area contributed by atoms with Gasteiger partial charge in [0.05, 0.1) is 18.8 Å². The third-order valence-corrected chi connectivity index (χ3v) is 3.51. The summed E-state index contributed by atoms with van der Waals surface area (Å²) in [5, 5.41) is 0. The van der Waals surface area contributed by atoms with Gasteiger partial charge in [-0.05, 0) is 19.9 Å². The molecule has 3 heterocycles. The van der Waals surface area contributed by atoms with E-state index in [2.05, 4.69) is 15.0 Å². The van der Waals surface area contributed by atoms with Crippen LogP contribution in [0.2, 0.25) is 0 Å². The number of oxazole rings is 1. The molecule has 1 aliphatic rings. The van der Waals surface area contributed by atoms with Crippen molar-refractivity contribution in [1.29, 1.82) is 0 Å². The first-order chi connectivity index (χ1) is 10.5. The summed E-state index contributed by atoms with van der Waals surface area (Å²) in [5.41, 5.74) is 2.02. The molecule has 1 unspecified atom stereocenters. The smallest absolute Gasteiger partial charge is 0.275 e. The van der Waals surface area contributed by atoms with E-state index in [1.807, 2.05) is 19.9 Å². The molecule has 1 amide bonds. The van der Waals surface area contributed by atoms with E-state index in [4.69, 9.17) is 9.15 Å². The molecule has 0 aromatic carbocycles. The predicted molar refractivity (Wildman–Crippen MR) is 77.3 cm³/mol. The van der Waals surface area contributed by atoms with Crippen molar-refractivity contribution in [2.24, 2.45) is 0 Å². The minimum atomic E-state index is -0.244. The predicted octanol–water partition coefficient (Wildman–Crippen LogP) is 1.60. The number of hydrogen-bond donors (Lipinski definition) is 0. The van der Waals surface area contributed by atoms with Gasteiger partial charge < -0.3 is 14.1 Å². The van der Waals surface area contributed by atoms with E-state index in [9.17, 15) is 4.79 Å². The van der Waals surface area contributed by atoms with E-state index in [1.54, 1.807) is 11.8 Å². The molecule has 22 heavy (non-hydrogen) atoms. The van der Waals surface area contributed by atoms with E-state index < -0.39 is 0 Å². The minimum absolute atomic E-state index is 0.146. The second-order valence-electron chi connectivity index (χ2n) is 5.34. The molecule has 1 atom stereocenters. The lowest BCUT2D eigenvalue weighted by atomic mass is 10.1. The lowest BCUT2D eigenvalue weighted by Gasteiger charge is -2.32. The average Bonchev–Trinajstić information content (AvgIpc) is 2.92. The highest BCUT2D eigenvalue weighted by atomic mass is 16.5. The molecule has 0 N–H and O–H groups in total. The summed E-state index contributed by atoms with van der Waals surface area (Å²) < 4.78 is 10.9. The van der Waals surface area contributed by atoms with Crippen molar-refractivity contribution in [2.75, 3.05) is 19.7 Å². The van der Waals surface area contributed by atoms with Gasteiger partial charge in [-0.1, -0.05) is 0 Å². The quantitative estimate of drug-likeness (QED) is 0.838. The van der Waals surface area contributed by atoms with Crippen LogP contribution in [0.4, 0.5) is 0 Å². The molecule has 0 radical (unpaired) electrons. The van der Waals surface area contributed by atoms with E-state index in [0.717, 1.165) is 11.4 Å². The molecule has 0 saturated carbocycles. The Hall–Kier alpha value is -2.28. The highest BCUT2D eigenvalue weighted by molar-refractivity contribution is 5.92. The van der Waals surface area contributed by atoms with Crippen molar-refractivity contribution in [3.8, 4) is 0 Å². The molecule has 1 saturated heterocycles. The third-order valence-electron chi connectivity index (χ3n) is 3.51. The van der Waals surface area contributed by atoms with Crippen LogP contribution in [0.3, 0.4) is 0 Å². The Labute approximate surface area is 128 Å². The fraction of sp³-hybridized carbons (Fsp3) is 0.467. The summed E-state index contributed by atoms with van der Waals surface area (Å²) in [5.74, 6) is 1.04. The van der Waals surface area contributed by atoms with Gasteiger partial charge in [0, 0.05) is 19.2 Å². The van der Waals surface area contributed by atoms with Gasteiger partial charge in [-0.2, -0.15) is 0 Å². The van der Waals surface area contributed by atoms with Crippen LogP contribution in [0.5, 0.6) is 0 Å². The lowest BCUT2D eigenvalue weighted by molar-refractivity contribution is -0.0250. The van der Waals surface area contributed by atoms with Crippen molar-refractivity contribution in [3.63, 3.8) is 0 Å². The second kappa shape index (κ2) is 5.84. The molecule has 1 aliphatic heterocycles. The molecule has 0 aliphatic carbocycles. The number of carbonyl (C=O) groups is 1. The summed E-state index contributed by atoms with van der Waals surface area (Å²) >= 11 is 0. The molecule has 7 heteroatoms. The van der Waals surface area contributed by atoms with Crippen LogP contribution in [-0.2, 0) is 4.74 Å². The van der Waals surface area contributed by atoms with Crippen LogP contribution >= 0.6 is 0 Å². The Morgan fingerprint density at radius 2 is 2.09 bits per heavy atom. The van der Waals surface area contributed by atoms with E-state index in [0.29, 0.717) is 37.1 Å². The van der Waals surface area contributed by atoms with Crippen molar-refractivity contribution < 1.29 is 13.9 Å². The molecule has 2 aromatic rings. The molecule has 2 aromatic heterocycles. The number of amides is 1. The fourth-order valence-corrected chi connectivity index (χ4v) is 2.55. The van der Waals surface area contributed by atoms with Crippen LogP contribution in [0.25, 0.3) is 0 Å². The molecule has 1 fully saturated rings. The van der Waals surface area contributed by atoms with Gasteiger partial charge >= 0.3 is 0 Å². The Morgan fingerprint density at radius 1 is 1.27 bits per heavy atom.